The molecule has 3 rings (SSSR count). The molecule has 0 aromatic heterocycles. The Hall–Kier alpha value is -1.67. The summed E-state index contributed by atoms with van der Waals surface area (Å²) in [5, 5.41) is 3.66. The van der Waals surface area contributed by atoms with Gasteiger partial charge in [0.1, 0.15) is 5.82 Å². The van der Waals surface area contributed by atoms with Gasteiger partial charge in [0.25, 0.3) is 0 Å². The zero-order chi connectivity index (χ0) is 14.7. The van der Waals surface area contributed by atoms with E-state index in [1.807, 2.05) is 18.2 Å². The van der Waals surface area contributed by atoms with E-state index in [4.69, 9.17) is 0 Å². The number of hydrogen-bond acceptors (Lipinski definition) is 1. The molecule has 2 heteroatoms. The molecular formula is C19H22FN. The Labute approximate surface area is 126 Å². The van der Waals surface area contributed by atoms with Crippen molar-refractivity contribution in [1.29, 1.82) is 0 Å². The van der Waals surface area contributed by atoms with E-state index in [9.17, 15) is 4.39 Å². The molecule has 0 bridgehead atoms. The molecule has 1 nitrogen and oxygen atoms in total. The number of rotatable bonds is 5. The second-order valence-corrected chi connectivity index (χ2v) is 6.14. The molecule has 0 radical (unpaired) electrons. The third-order valence-corrected chi connectivity index (χ3v) is 4.39. The van der Waals surface area contributed by atoms with Gasteiger partial charge in [0.2, 0.25) is 0 Å². The van der Waals surface area contributed by atoms with Crippen molar-refractivity contribution in [2.75, 3.05) is 0 Å². The van der Waals surface area contributed by atoms with Gasteiger partial charge in [0.05, 0.1) is 0 Å². The quantitative estimate of drug-likeness (QED) is 0.863. The molecule has 21 heavy (non-hydrogen) atoms. The summed E-state index contributed by atoms with van der Waals surface area (Å²) in [7, 11) is 0. The maximum absolute atomic E-state index is 13.7. The molecular weight excluding hydrogens is 261 g/mol. The molecule has 2 aromatic rings. The Kier molecular flexibility index (Phi) is 4.35. The van der Waals surface area contributed by atoms with Crippen LogP contribution in [0.15, 0.2) is 54.6 Å². The van der Waals surface area contributed by atoms with Crippen LogP contribution >= 0.6 is 0 Å². The van der Waals surface area contributed by atoms with Crippen molar-refractivity contribution in [3.63, 3.8) is 0 Å². The van der Waals surface area contributed by atoms with Gasteiger partial charge in [0.15, 0.2) is 0 Å². The van der Waals surface area contributed by atoms with Gasteiger partial charge in [-0.05, 0) is 49.3 Å². The number of benzene rings is 2. The van der Waals surface area contributed by atoms with E-state index < -0.39 is 0 Å². The fourth-order valence-corrected chi connectivity index (χ4v) is 3.24. The van der Waals surface area contributed by atoms with Crippen molar-refractivity contribution in [2.24, 2.45) is 0 Å². The lowest BCUT2D eigenvalue weighted by Crippen LogP contribution is -2.45. The maximum atomic E-state index is 13.7. The fourth-order valence-electron chi connectivity index (χ4n) is 3.24. The van der Waals surface area contributed by atoms with E-state index in [2.05, 4.69) is 36.5 Å². The molecule has 1 aliphatic rings. The summed E-state index contributed by atoms with van der Waals surface area (Å²) in [4.78, 5) is 0. The molecule has 1 atom stereocenters. The van der Waals surface area contributed by atoms with Crippen molar-refractivity contribution >= 4 is 0 Å². The Morgan fingerprint density at radius 3 is 2.43 bits per heavy atom. The van der Waals surface area contributed by atoms with Crippen LogP contribution in [-0.4, -0.2) is 12.1 Å². The van der Waals surface area contributed by atoms with Crippen LogP contribution in [0.5, 0.6) is 0 Å². The van der Waals surface area contributed by atoms with Crippen molar-refractivity contribution in [3.8, 4) is 0 Å². The van der Waals surface area contributed by atoms with Crippen molar-refractivity contribution in [2.45, 2.75) is 44.2 Å². The molecule has 1 unspecified atom stereocenters. The Morgan fingerprint density at radius 2 is 1.71 bits per heavy atom. The third-order valence-electron chi connectivity index (χ3n) is 4.39. The van der Waals surface area contributed by atoms with E-state index in [1.165, 1.54) is 5.56 Å². The summed E-state index contributed by atoms with van der Waals surface area (Å²) >= 11 is 0. The lowest BCUT2D eigenvalue weighted by Gasteiger charge is -2.38. The van der Waals surface area contributed by atoms with Gasteiger partial charge in [-0.15, -0.1) is 0 Å². The van der Waals surface area contributed by atoms with Crippen molar-refractivity contribution < 1.29 is 4.39 Å². The summed E-state index contributed by atoms with van der Waals surface area (Å²) < 4.78 is 13.7. The van der Waals surface area contributed by atoms with E-state index >= 15 is 0 Å². The van der Waals surface area contributed by atoms with Gasteiger partial charge in [0, 0.05) is 12.1 Å². The normalized spacial score (nSPS) is 22.6. The number of halogens is 1. The molecule has 1 N–H and O–H groups in total. The molecule has 1 saturated carbocycles. The first-order chi connectivity index (χ1) is 10.2. The number of nitrogens with one attached hydrogen (secondary N) is 1. The third kappa shape index (κ3) is 3.51. The Morgan fingerprint density at radius 1 is 1.05 bits per heavy atom. The average Bonchev–Trinajstić information content (AvgIpc) is 2.45. The minimum absolute atomic E-state index is 0.0571. The van der Waals surface area contributed by atoms with Crippen LogP contribution in [0.2, 0.25) is 0 Å². The number of hydrogen-bond donors (Lipinski definition) is 1. The lowest BCUT2D eigenvalue weighted by molar-refractivity contribution is 0.264. The summed E-state index contributed by atoms with van der Waals surface area (Å²) in [5.74, 6) is 0.325. The van der Waals surface area contributed by atoms with Crippen LogP contribution in [-0.2, 0) is 6.42 Å². The molecule has 2 aromatic carbocycles. The molecule has 0 aliphatic heterocycles. The Balaban J connectivity index is 1.48. The standard InChI is InChI=1S/C19H22FN/c1-14(11-15-7-3-2-4-8-15)21-17-12-16(13-17)18-9-5-6-10-19(18)20/h2-10,14,16-17,21H,11-13H2,1H3. The van der Waals surface area contributed by atoms with Crippen LogP contribution in [0, 0.1) is 5.82 Å². The van der Waals surface area contributed by atoms with E-state index in [1.54, 1.807) is 12.1 Å². The highest BCUT2D eigenvalue weighted by Crippen LogP contribution is 2.38. The second-order valence-electron chi connectivity index (χ2n) is 6.14. The van der Waals surface area contributed by atoms with Crippen molar-refractivity contribution in [1.82, 2.24) is 5.32 Å². The summed E-state index contributed by atoms with van der Waals surface area (Å²) in [6, 6.07) is 18.7. The van der Waals surface area contributed by atoms with Gasteiger partial charge in [-0.2, -0.15) is 0 Å². The van der Waals surface area contributed by atoms with E-state index in [0.29, 0.717) is 18.0 Å². The maximum Gasteiger partial charge on any atom is 0.126 e. The molecule has 1 aliphatic carbocycles. The van der Waals surface area contributed by atoms with Crippen molar-refractivity contribution in [3.05, 3.63) is 71.5 Å². The average molecular weight is 283 g/mol. The van der Waals surface area contributed by atoms with Gasteiger partial charge >= 0.3 is 0 Å². The van der Waals surface area contributed by atoms with Gasteiger partial charge in [-0.25, -0.2) is 4.39 Å². The largest absolute Gasteiger partial charge is 0.311 e. The Bertz CT molecular complexity index is 575. The topological polar surface area (TPSA) is 12.0 Å². The van der Waals surface area contributed by atoms with Gasteiger partial charge < -0.3 is 5.32 Å². The fraction of sp³-hybridized carbons (Fsp3) is 0.368. The molecule has 0 spiro atoms. The summed E-state index contributed by atoms with van der Waals surface area (Å²) in [6.45, 7) is 2.23. The van der Waals surface area contributed by atoms with Crippen LogP contribution in [0.3, 0.4) is 0 Å². The highest BCUT2D eigenvalue weighted by atomic mass is 19.1. The monoisotopic (exact) mass is 283 g/mol. The second kappa shape index (κ2) is 6.40. The summed E-state index contributed by atoms with van der Waals surface area (Å²) in [6.07, 6.45) is 3.13. The van der Waals surface area contributed by atoms with E-state index in [0.717, 1.165) is 24.8 Å². The smallest absolute Gasteiger partial charge is 0.126 e. The predicted octanol–water partition coefficient (Wildman–Crippen LogP) is 4.29. The zero-order valence-electron chi connectivity index (χ0n) is 12.4. The summed E-state index contributed by atoms with van der Waals surface area (Å²) in [5.41, 5.74) is 2.24. The first-order valence-corrected chi connectivity index (χ1v) is 7.77. The SMILES string of the molecule is CC(Cc1ccccc1)NC1CC(c2ccccc2F)C1. The molecule has 110 valence electrons. The minimum atomic E-state index is -0.0571. The molecule has 0 heterocycles. The molecule has 0 amide bonds. The predicted molar refractivity (Wildman–Crippen MR) is 84.9 cm³/mol. The van der Waals surface area contributed by atoms with Crippen LogP contribution < -0.4 is 5.32 Å². The highest BCUT2D eigenvalue weighted by molar-refractivity contribution is 5.25. The lowest BCUT2D eigenvalue weighted by atomic mass is 9.75. The van der Waals surface area contributed by atoms with Gasteiger partial charge in [-0.3, -0.25) is 0 Å². The zero-order valence-corrected chi connectivity index (χ0v) is 12.4. The van der Waals surface area contributed by atoms with Gasteiger partial charge in [-0.1, -0.05) is 48.5 Å². The molecule has 0 saturated heterocycles. The minimum Gasteiger partial charge on any atom is -0.311 e. The first kappa shape index (κ1) is 14.3. The molecule has 1 fully saturated rings. The highest BCUT2D eigenvalue weighted by Gasteiger charge is 2.32. The van der Waals surface area contributed by atoms with E-state index in [-0.39, 0.29) is 5.82 Å². The van der Waals surface area contributed by atoms with Crippen LogP contribution in [0.4, 0.5) is 4.39 Å². The van der Waals surface area contributed by atoms with Crippen LogP contribution in [0.25, 0.3) is 0 Å². The van der Waals surface area contributed by atoms with Crippen LogP contribution in [0.1, 0.15) is 36.8 Å². The first-order valence-electron chi connectivity index (χ1n) is 7.77.